The summed E-state index contributed by atoms with van der Waals surface area (Å²) in [5, 5.41) is 12.4. The number of hydrogen-bond donors (Lipinski definition) is 2. The van der Waals surface area contributed by atoms with Crippen molar-refractivity contribution in [3.05, 3.63) is 40.3 Å². The summed E-state index contributed by atoms with van der Waals surface area (Å²) in [6, 6.07) is 1.85. The van der Waals surface area contributed by atoms with Crippen molar-refractivity contribution < 1.29 is 32.3 Å². The number of rotatable bonds is 5. The van der Waals surface area contributed by atoms with Gasteiger partial charge in [0.1, 0.15) is 17.3 Å². The molecular weight excluding hydrogens is 366 g/mol. The van der Waals surface area contributed by atoms with Crippen LogP contribution in [-0.2, 0) is 9.59 Å². The molecule has 0 fully saturated rings. The number of carboxylic acid groups (broad SMARTS) is 1. The third kappa shape index (κ3) is 3.43. The number of hydrogen-bond acceptors (Lipinski definition) is 5. The lowest BCUT2D eigenvalue weighted by atomic mass is 10.1. The lowest BCUT2D eigenvalue weighted by Gasteiger charge is -2.10. The summed E-state index contributed by atoms with van der Waals surface area (Å²) >= 11 is 0.848. The van der Waals surface area contributed by atoms with Crippen molar-refractivity contribution in [3.63, 3.8) is 0 Å². The molecule has 0 bridgehead atoms. The second kappa shape index (κ2) is 7.20. The number of carbonyl (C=O) groups is 2. The number of carbonyl (C=O) groups excluding carboxylic acids is 1. The Morgan fingerprint density at radius 2 is 2.00 bits per heavy atom. The molecule has 0 atom stereocenters. The summed E-state index contributed by atoms with van der Waals surface area (Å²) in [5.41, 5.74) is -0.676. The van der Waals surface area contributed by atoms with Crippen molar-refractivity contribution in [2.24, 2.45) is 0 Å². The Morgan fingerprint density at radius 3 is 2.65 bits per heavy atom. The highest BCUT2D eigenvalue weighted by Gasteiger charge is 2.26. The molecule has 0 aliphatic heterocycles. The van der Waals surface area contributed by atoms with E-state index in [0.717, 1.165) is 23.5 Å². The number of halogens is 2. The van der Waals surface area contributed by atoms with Crippen LogP contribution >= 0.6 is 11.3 Å². The van der Waals surface area contributed by atoms with E-state index in [-0.39, 0.29) is 40.4 Å². The number of carboxylic acids is 1. The number of benzene rings is 1. The van der Waals surface area contributed by atoms with Crippen LogP contribution in [0, 0.1) is 11.6 Å². The fourth-order valence-electron chi connectivity index (χ4n) is 2.70. The summed E-state index contributed by atoms with van der Waals surface area (Å²) in [7, 11) is -2.70. The molecule has 1 heterocycles. The molecule has 3 rings (SSSR count). The number of amides is 1. The van der Waals surface area contributed by atoms with Crippen molar-refractivity contribution in [2.75, 3.05) is 12.4 Å². The van der Waals surface area contributed by atoms with Gasteiger partial charge in [0.05, 0.1) is 16.8 Å². The first-order valence-electron chi connectivity index (χ1n) is 8.96. The molecule has 6 nitrogen and oxygen atoms in total. The maximum absolute atomic E-state index is 14.4. The van der Waals surface area contributed by atoms with Gasteiger partial charge in [-0.05, 0) is 31.4 Å². The van der Waals surface area contributed by atoms with Gasteiger partial charge < -0.3 is 15.2 Å². The van der Waals surface area contributed by atoms with Crippen LogP contribution in [0.15, 0.2) is 28.7 Å². The first-order valence-corrected chi connectivity index (χ1v) is 8.34. The van der Waals surface area contributed by atoms with Crippen molar-refractivity contribution in [1.82, 2.24) is 4.98 Å². The van der Waals surface area contributed by atoms with Crippen molar-refractivity contribution >= 4 is 28.9 Å². The molecule has 2 N–H and O–H groups in total. The predicted molar refractivity (Wildman–Crippen MR) is 91.2 cm³/mol. The van der Waals surface area contributed by atoms with E-state index in [1.165, 1.54) is 5.38 Å². The largest absolute Gasteiger partial charge is 0.478 e. The first kappa shape index (κ1) is 14.4. The minimum Gasteiger partial charge on any atom is -0.478 e. The molecule has 0 saturated carbocycles. The standard InChI is InChI=1S/C17H14F2N2O4S/c1-25-17-20-13(7-26-17)8-5-11(18)14(12(19)6-8)21-15(22)9-3-2-4-10(9)16(23)24/h5-7H,2-4H2,1H3,(H,21,22)(H,23,24)/i1D3. The molecular formula is C17H14F2N2O4S. The quantitative estimate of drug-likeness (QED) is 0.824. The third-order valence-corrected chi connectivity index (χ3v) is 4.61. The maximum Gasteiger partial charge on any atom is 0.332 e. The number of aromatic nitrogens is 1. The zero-order valence-electron chi connectivity index (χ0n) is 16.1. The van der Waals surface area contributed by atoms with E-state index in [9.17, 15) is 18.4 Å². The van der Waals surface area contributed by atoms with Crippen molar-refractivity contribution in [3.8, 4) is 16.5 Å². The van der Waals surface area contributed by atoms with Gasteiger partial charge in [0.2, 0.25) is 0 Å². The highest BCUT2D eigenvalue weighted by molar-refractivity contribution is 7.11. The van der Waals surface area contributed by atoms with E-state index in [2.05, 4.69) is 15.0 Å². The van der Waals surface area contributed by atoms with Crippen LogP contribution in [0.3, 0.4) is 0 Å². The first-order chi connectivity index (χ1) is 13.5. The summed E-state index contributed by atoms with van der Waals surface area (Å²) in [4.78, 5) is 27.3. The summed E-state index contributed by atoms with van der Waals surface area (Å²) < 4.78 is 54.6. The maximum atomic E-state index is 14.4. The van der Waals surface area contributed by atoms with Gasteiger partial charge in [0.25, 0.3) is 11.1 Å². The molecule has 9 heteroatoms. The Bertz CT molecular complexity index is 997. The lowest BCUT2D eigenvalue weighted by molar-refractivity contribution is -0.133. The van der Waals surface area contributed by atoms with Gasteiger partial charge in [-0.3, -0.25) is 4.79 Å². The molecule has 136 valence electrons. The lowest BCUT2D eigenvalue weighted by Crippen LogP contribution is -2.18. The van der Waals surface area contributed by atoms with Gasteiger partial charge in [-0.15, -0.1) is 0 Å². The molecule has 0 radical (unpaired) electrons. The van der Waals surface area contributed by atoms with Crippen LogP contribution in [0.25, 0.3) is 11.3 Å². The molecule has 1 aromatic carbocycles. The summed E-state index contributed by atoms with van der Waals surface area (Å²) in [5.74, 6) is -4.28. The van der Waals surface area contributed by atoms with Crippen molar-refractivity contribution in [1.29, 1.82) is 0 Å². The third-order valence-electron chi connectivity index (χ3n) is 3.90. The van der Waals surface area contributed by atoms with Gasteiger partial charge in [-0.25, -0.2) is 18.6 Å². The highest BCUT2D eigenvalue weighted by atomic mass is 32.1. The molecule has 0 saturated heterocycles. The Balaban J connectivity index is 1.84. The normalized spacial score (nSPS) is 16.0. The van der Waals surface area contributed by atoms with Crippen LogP contribution in [0.4, 0.5) is 14.5 Å². The number of anilines is 1. The summed E-state index contributed by atoms with van der Waals surface area (Å²) in [6.07, 6.45) is 0.894. The molecule has 1 aliphatic rings. The highest BCUT2D eigenvalue weighted by Crippen LogP contribution is 2.32. The molecule has 26 heavy (non-hydrogen) atoms. The van der Waals surface area contributed by atoms with E-state index in [1.54, 1.807) is 0 Å². The van der Waals surface area contributed by atoms with Crippen LogP contribution in [0.2, 0.25) is 0 Å². The van der Waals surface area contributed by atoms with Crippen molar-refractivity contribution in [2.45, 2.75) is 19.3 Å². The second-order valence-corrected chi connectivity index (χ2v) is 6.31. The Hall–Kier alpha value is -2.81. The molecule has 2 aromatic rings. The van der Waals surface area contributed by atoms with E-state index >= 15 is 0 Å². The molecule has 0 spiro atoms. The fourth-order valence-corrected chi connectivity index (χ4v) is 3.30. The number of methoxy groups -OCH3 is 1. The Labute approximate surface area is 155 Å². The smallest absolute Gasteiger partial charge is 0.332 e. The number of nitrogens with zero attached hydrogens (tertiary/aromatic N) is 1. The zero-order chi connectivity index (χ0) is 21.3. The van der Waals surface area contributed by atoms with Crippen LogP contribution in [0.1, 0.15) is 23.4 Å². The Kier molecular flexibility index (Phi) is 3.98. The zero-order valence-corrected chi connectivity index (χ0v) is 14.0. The van der Waals surface area contributed by atoms with Gasteiger partial charge in [0, 0.05) is 22.1 Å². The molecule has 1 amide bonds. The average molecular weight is 383 g/mol. The minimum absolute atomic E-state index is 0.00802. The topological polar surface area (TPSA) is 88.5 Å². The second-order valence-electron chi connectivity index (χ2n) is 5.49. The van der Waals surface area contributed by atoms with Crippen LogP contribution < -0.4 is 10.1 Å². The monoisotopic (exact) mass is 383 g/mol. The van der Waals surface area contributed by atoms with Gasteiger partial charge in [0.15, 0.2) is 0 Å². The number of aliphatic carboxylic acids is 1. The minimum atomic E-state index is -2.70. The predicted octanol–water partition coefficient (Wildman–Crippen LogP) is 3.60. The van der Waals surface area contributed by atoms with Gasteiger partial charge in [-0.1, -0.05) is 11.3 Å². The molecule has 1 aliphatic carbocycles. The Morgan fingerprint density at radius 1 is 1.31 bits per heavy atom. The average Bonchev–Trinajstić information content (AvgIpc) is 3.25. The summed E-state index contributed by atoms with van der Waals surface area (Å²) in [6.45, 7) is 0. The van der Waals surface area contributed by atoms with Crippen LogP contribution in [0.5, 0.6) is 5.19 Å². The van der Waals surface area contributed by atoms with Crippen LogP contribution in [-0.4, -0.2) is 29.0 Å². The molecule has 1 aromatic heterocycles. The number of thiazole rings is 1. The van der Waals surface area contributed by atoms with E-state index in [0.29, 0.717) is 6.42 Å². The fraction of sp³-hybridized carbons (Fsp3) is 0.235. The van der Waals surface area contributed by atoms with E-state index in [1.807, 2.05) is 0 Å². The molecule has 0 unspecified atom stereocenters. The SMILES string of the molecule is [2H]C([2H])([2H])Oc1nc(-c2cc(F)c(NC(=O)C3=C(C(=O)O)CCC3)c(F)c2)cs1. The van der Waals surface area contributed by atoms with E-state index in [4.69, 9.17) is 9.22 Å². The van der Waals surface area contributed by atoms with Gasteiger partial charge in [-0.2, -0.15) is 0 Å². The van der Waals surface area contributed by atoms with E-state index < -0.39 is 36.2 Å². The van der Waals surface area contributed by atoms with Gasteiger partial charge >= 0.3 is 5.97 Å². The number of nitrogens with one attached hydrogen (secondary N) is 1. The number of ether oxygens (including phenoxy) is 1.